The minimum atomic E-state index is -0.386. The van der Waals surface area contributed by atoms with Crippen LogP contribution in [0.15, 0.2) is 65.5 Å². The van der Waals surface area contributed by atoms with Crippen LogP contribution in [0.1, 0.15) is 5.56 Å². The number of benzene rings is 2. The molecule has 0 aliphatic carbocycles. The Balaban J connectivity index is 2.02. The van der Waals surface area contributed by atoms with Gasteiger partial charge in [-0.15, -0.1) is 0 Å². The fourth-order valence-corrected chi connectivity index (χ4v) is 2.34. The first-order valence-corrected chi connectivity index (χ1v) is 7.13. The predicted molar refractivity (Wildman–Crippen MR) is 86.0 cm³/mol. The van der Waals surface area contributed by atoms with Crippen LogP contribution in [0.4, 0.5) is 4.39 Å². The summed E-state index contributed by atoms with van der Waals surface area (Å²) in [6.07, 6.45) is 0. The quantitative estimate of drug-likeness (QED) is 0.744. The van der Waals surface area contributed by atoms with Crippen LogP contribution in [0.5, 0.6) is 5.75 Å². The van der Waals surface area contributed by atoms with Gasteiger partial charge in [-0.25, -0.2) is 9.07 Å². The summed E-state index contributed by atoms with van der Waals surface area (Å²) < 4.78 is 19.9. The summed E-state index contributed by atoms with van der Waals surface area (Å²) in [5.74, 6) is -0.00869. The summed E-state index contributed by atoms with van der Waals surface area (Å²) in [5.41, 5.74) is 1.97. The topological polar surface area (TPSA) is 44.1 Å². The predicted octanol–water partition coefficient (Wildman–Crippen LogP) is 3.11. The highest BCUT2D eigenvalue weighted by molar-refractivity contribution is 5.66. The molecule has 0 atom stereocenters. The van der Waals surface area contributed by atoms with Gasteiger partial charge in [-0.1, -0.05) is 30.3 Å². The van der Waals surface area contributed by atoms with Crippen LogP contribution in [0.3, 0.4) is 0 Å². The first-order valence-electron chi connectivity index (χ1n) is 7.13. The van der Waals surface area contributed by atoms with Crippen molar-refractivity contribution in [3.05, 3.63) is 82.4 Å². The van der Waals surface area contributed by atoms with E-state index in [0.29, 0.717) is 23.6 Å². The SMILES string of the molecule is COc1cc(F)ccc1-c1ccc(=O)n(Cc2ccccc2)n1. The van der Waals surface area contributed by atoms with Gasteiger partial charge in [-0.2, -0.15) is 5.10 Å². The summed E-state index contributed by atoms with van der Waals surface area (Å²) in [4.78, 5) is 12.0. The maximum absolute atomic E-state index is 13.3. The number of nitrogens with zero attached hydrogens (tertiary/aromatic N) is 2. The first kappa shape index (κ1) is 15.0. The fraction of sp³-hybridized carbons (Fsp3) is 0.111. The zero-order valence-electron chi connectivity index (χ0n) is 12.6. The van der Waals surface area contributed by atoms with Gasteiger partial charge in [0.1, 0.15) is 11.6 Å². The molecular weight excluding hydrogens is 295 g/mol. The maximum Gasteiger partial charge on any atom is 0.267 e. The normalized spacial score (nSPS) is 10.5. The molecule has 3 aromatic rings. The van der Waals surface area contributed by atoms with Crippen LogP contribution in [-0.2, 0) is 6.54 Å². The average molecular weight is 310 g/mol. The standard InChI is InChI=1S/C18H15FN2O2/c1-23-17-11-14(19)7-8-15(17)16-9-10-18(22)21(20-16)12-13-5-3-2-4-6-13/h2-11H,12H2,1H3. The van der Waals surface area contributed by atoms with Crippen molar-refractivity contribution in [2.75, 3.05) is 7.11 Å². The minimum Gasteiger partial charge on any atom is -0.496 e. The van der Waals surface area contributed by atoms with Crippen molar-refractivity contribution in [3.63, 3.8) is 0 Å². The highest BCUT2D eigenvalue weighted by Crippen LogP contribution is 2.28. The Kier molecular flexibility index (Phi) is 4.19. The van der Waals surface area contributed by atoms with Crippen molar-refractivity contribution in [2.45, 2.75) is 6.54 Å². The molecule has 2 aromatic carbocycles. The smallest absolute Gasteiger partial charge is 0.267 e. The highest BCUT2D eigenvalue weighted by Gasteiger charge is 2.10. The van der Waals surface area contributed by atoms with E-state index in [1.54, 1.807) is 12.1 Å². The van der Waals surface area contributed by atoms with Gasteiger partial charge in [-0.05, 0) is 23.8 Å². The zero-order valence-corrected chi connectivity index (χ0v) is 12.6. The van der Waals surface area contributed by atoms with E-state index < -0.39 is 0 Å². The zero-order chi connectivity index (χ0) is 16.2. The molecule has 116 valence electrons. The van der Waals surface area contributed by atoms with Crippen LogP contribution < -0.4 is 10.3 Å². The van der Waals surface area contributed by atoms with Crippen LogP contribution in [0.2, 0.25) is 0 Å². The Labute approximate surface area is 132 Å². The molecule has 0 N–H and O–H groups in total. The minimum absolute atomic E-state index is 0.196. The van der Waals surface area contributed by atoms with Crippen molar-refractivity contribution < 1.29 is 9.13 Å². The van der Waals surface area contributed by atoms with Gasteiger partial charge in [0.15, 0.2) is 0 Å². The molecule has 0 spiro atoms. The monoisotopic (exact) mass is 310 g/mol. The Hall–Kier alpha value is -2.95. The van der Waals surface area contributed by atoms with E-state index in [4.69, 9.17) is 4.74 Å². The van der Waals surface area contributed by atoms with Crippen LogP contribution >= 0.6 is 0 Å². The number of hydrogen-bond donors (Lipinski definition) is 0. The van der Waals surface area contributed by atoms with Crippen LogP contribution in [-0.4, -0.2) is 16.9 Å². The molecule has 0 aliphatic heterocycles. The number of rotatable bonds is 4. The molecule has 3 rings (SSSR count). The van der Waals surface area contributed by atoms with Gasteiger partial charge < -0.3 is 4.74 Å². The van der Waals surface area contributed by atoms with Crippen molar-refractivity contribution in [3.8, 4) is 17.0 Å². The van der Waals surface area contributed by atoms with Gasteiger partial charge in [0.05, 0.1) is 19.3 Å². The van der Waals surface area contributed by atoms with Gasteiger partial charge in [-0.3, -0.25) is 4.79 Å². The molecule has 0 unspecified atom stereocenters. The number of ether oxygens (including phenoxy) is 1. The lowest BCUT2D eigenvalue weighted by atomic mass is 10.1. The number of methoxy groups -OCH3 is 1. The molecule has 0 aliphatic rings. The third-order valence-corrected chi connectivity index (χ3v) is 3.48. The van der Waals surface area contributed by atoms with E-state index in [1.807, 2.05) is 30.3 Å². The highest BCUT2D eigenvalue weighted by atomic mass is 19.1. The Morgan fingerprint density at radius 2 is 1.87 bits per heavy atom. The van der Waals surface area contributed by atoms with E-state index in [0.717, 1.165) is 5.56 Å². The first-order chi connectivity index (χ1) is 11.2. The second-order valence-electron chi connectivity index (χ2n) is 5.04. The van der Waals surface area contributed by atoms with Gasteiger partial charge >= 0.3 is 0 Å². The maximum atomic E-state index is 13.3. The van der Waals surface area contributed by atoms with E-state index in [9.17, 15) is 9.18 Å². The number of hydrogen-bond acceptors (Lipinski definition) is 3. The Morgan fingerprint density at radius 3 is 2.61 bits per heavy atom. The lowest BCUT2D eigenvalue weighted by molar-refractivity contribution is 0.412. The van der Waals surface area contributed by atoms with Crippen molar-refractivity contribution in [1.82, 2.24) is 9.78 Å². The molecule has 4 nitrogen and oxygen atoms in total. The molecule has 23 heavy (non-hydrogen) atoms. The number of halogens is 1. The van der Waals surface area contributed by atoms with E-state index in [-0.39, 0.29) is 11.4 Å². The number of aromatic nitrogens is 2. The molecule has 0 bridgehead atoms. The lowest BCUT2D eigenvalue weighted by Crippen LogP contribution is -2.22. The molecule has 0 fully saturated rings. The van der Waals surface area contributed by atoms with Gasteiger partial charge in [0, 0.05) is 17.7 Å². The van der Waals surface area contributed by atoms with Crippen molar-refractivity contribution >= 4 is 0 Å². The molecule has 5 heteroatoms. The second-order valence-corrected chi connectivity index (χ2v) is 5.04. The summed E-state index contributed by atoms with van der Waals surface area (Å²) in [5, 5.41) is 4.38. The van der Waals surface area contributed by atoms with E-state index in [2.05, 4.69) is 5.10 Å². The third kappa shape index (κ3) is 3.29. The molecule has 0 saturated carbocycles. The summed E-state index contributed by atoms with van der Waals surface area (Å²) >= 11 is 0. The molecule has 1 heterocycles. The Bertz CT molecular complexity index is 876. The van der Waals surface area contributed by atoms with Crippen molar-refractivity contribution in [1.29, 1.82) is 0 Å². The molecule has 0 amide bonds. The van der Waals surface area contributed by atoms with E-state index in [1.165, 1.54) is 30.0 Å². The van der Waals surface area contributed by atoms with Gasteiger partial charge in [0.25, 0.3) is 5.56 Å². The molecule has 1 aromatic heterocycles. The fourth-order valence-electron chi connectivity index (χ4n) is 2.34. The lowest BCUT2D eigenvalue weighted by Gasteiger charge is -2.10. The summed E-state index contributed by atoms with van der Waals surface area (Å²) in [6.45, 7) is 0.372. The largest absolute Gasteiger partial charge is 0.496 e. The van der Waals surface area contributed by atoms with E-state index >= 15 is 0 Å². The Morgan fingerprint density at radius 1 is 1.09 bits per heavy atom. The summed E-state index contributed by atoms with van der Waals surface area (Å²) in [6, 6.07) is 16.9. The molecular formula is C18H15FN2O2. The third-order valence-electron chi connectivity index (χ3n) is 3.48. The van der Waals surface area contributed by atoms with Crippen LogP contribution in [0, 0.1) is 5.82 Å². The average Bonchev–Trinajstić information content (AvgIpc) is 2.58. The summed E-state index contributed by atoms with van der Waals surface area (Å²) in [7, 11) is 1.47. The second kappa shape index (κ2) is 6.44. The van der Waals surface area contributed by atoms with Crippen LogP contribution in [0.25, 0.3) is 11.3 Å². The molecule has 0 saturated heterocycles. The molecule has 0 radical (unpaired) electrons. The van der Waals surface area contributed by atoms with Gasteiger partial charge in [0.2, 0.25) is 0 Å². The van der Waals surface area contributed by atoms with Crippen molar-refractivity contribution in [2.24, 2.45) is 0 Å².